The molecule has 0 aliphatic heterocycles. The van der Waals surface area contributed by atoms with Gasteiger partial charge in [-0.15, -0.1) is 0 Å². The van der Waals surface area contributed by atoms with Crippen LogP contribution in [0.1, 0.15) is 17.3 Å². The van der Waals surface area contributed by atoms with Gasteiger partial charge in [-0.05, 0) is 24.3 Å². The van der Waals surface area contributed by atoms with Crippen LogP contribution < -0.4 is 10.7 Å². The molecule has 2 N–H and O–H groups in total. The van der Waals surface area contributed by atoms with E-state index in [1.165, 1.54) is 18.9 Å². The van der Waals surface area contributed by atoms with Crippen LogP contribution >= 0.6 is 0 Å². The smallest absolute Gasteiger partial charge is 0.269 e. The number of nitrogens with two attached hydrogens (primary N) is 1. The van der Waals surface area contributed by atoms with Crippen LogP contribution in [0.3, 0.4) is 0 Å². The summed E-state index contributed by atoms with van der Waals surface area (Å²) in [6.45, 7) is 1.46. The van der Waals surface area contributed by atoms with Gasteiger partial charge in [0, 0.05) is 19.7 Å². The molecule has 0 saturated carbocycles. The zero-order valence-electron chi connectivity index (χ0n) is 12.0. The van der Waals surface area contributed by atoms with Gasteiger partial charge in [-0.25, -0.2) is 5.84 Å². The fraction of sp³-hybridized carbons (Fsp3) is 0.125. The number of hydrogen-bond acceptors (Lipinski definition) is 3. The Morgan fingerprint density at radius 1 is 0.952 bits per heavy atom. The highest BCUT2D eigenvalue weighted by atomic mass is 16.2. The van der Waals surface area contributed by atoms with Gasteiger partial charge in [-0.1, -0.05) is 30.3 Å². The summed E-state index contributed by atoms with van der Waals surface area (Å²) < 4.78 is 0. The molecule has 21 heavy (non-hydrogen) atoms. The van der Waals surface area contributed by atoms with Crippen LogP contribution in [-0.2, 0) is 4.79 Å². The number of carbonyl (C=O) groups excluding carboxylic acids is 2. The Morgan fingerprint density at radius 2 is 1.52 bits per heavy atom. The largest absolute Gasteiger partial charge is 0.281 e. The van der Waals surface area contributed by atoms with E-state index in [4.69, 9.17) is 5.84 Å². The van der Waals surface area contributed by atoms with Gasteiger partial charge in [0.1, 0.15) is 0 Å². The number of para-hydroxylation sites is 2. The molecule has 0 radical (unpaired) electrons. The van der Waals surface area contributed by atoms with Crippen molar-refractivity contribution in [1.82, 2.24) is 5.01 Å². The van der Waals surface area contributed by atoms with E-state index < -0.39 is 0 Å². The fourth-order valence-electron chi connectivity index (χ4n) is 2.11. The van der Waals surface area contributed by atoms with Crippen LogP contribution in [0.25, 0.3) is 0 Å². The summed E-state index contributed by atoms with van der Waals surface area (Å²) in [6, 6.07) is 16.1. The highest BCUT2D eigenvalue weighted by molar-refractivity contribution is 6.07. The summed E-state index contributed by atoms with van der Waals surface area (Å²) in [5, 5.41) is 1.00. The van der Waals surface area contributed by atoms with Crippen LogP contribution in [0.4, 0.5) is 11.4 Å². The van der Waals surface area contributed by atoms with E-state index in [1.807, 2.05) is 30.3 Å². The molecule has 5 heteroatoms. The van der Waals surface area contributed by atoms with Crippen LogP contribution in [0.2, 0.25) is 0 Å². The maximum absolute atomic E-state index is 12.2. The van der Waals surface area contributed by atoms with Gasteiger partial charge in [-0.3, -0.25) is 19.5 Å². The van der Waals surface area contributed by atoms with Gasteiger partial charge < -0.3 is 0 Å². The standard InChI is InChI=1S/C16H17N3O2/c1-12(20)19(13-8-4-3-5-9-13)15-11-7-6-10-14(15)16(21)18(2)17/h3-11H,17H2,1-2H3. The molecule has 0 fully saturated rings. The number of hydrazine groups is 1. The van der Waals surface area contributed by atoms with E-state index in [9.17, 15) is 9.59 Å². The van der Waals surface area contributed by atoms with E-state index in [0.29, 0.717) is 16.9 Å². The van der Waals surface area contributed by atoms with Gasteiger partial charge in [0.15, 0.2) is 0 Å². The van der Waals surface area contributed by atoms with Gasteiger partial charge in [0.05, 0.1) is 11.3 Å². The Hall–Kier alpha value is -2.66. The van der Waals surface area contributed by atoms with Crippen molar-refractivity contribution in [1.29, 1.82) is 0 Å². The Kier molecular flexibility index (Phi) is 4.35. The van der Waals surface area contributed by atoms with Crippen molar-refractivity contribution in [2.75, 3.05) is 11.9 Å². The monoisotopic (exact) mass is 283 g/mol. The molecule has 2 aromatic carbocycles. The van der Waals surface area contributed by atoms with Crippen LogP contribution in [0.5, 0.6) is 0 Å². The van der Waals surface area contributed by atoms with E-state index in [-0.39, 0.29) is 11.8 Å². The van der Waals surface area contributed by atoms with E-state index >= 15 is 0 Å². The van der Waals surface area contributed by atoms with E-state index in [0.717, 1.165) is 5.01 Å². The summed E-state index contributed by atoms with van der Waals surface area (Å²) in [4.78, 5) is 25.7. The molecule has 0 bridgehead atoms. The molecule has 0 unspecified atom stereocenters. The lowest BCUT2D eigenvalue weighted by Gasteiger charge is -2.24. The Balaban J connectivity index is 2.57. The molecule has 0 atom stereocenters. The first-order chi connectivity index (χ1) is 10.0. The van der Waals surface area contributed by atoms with Gasteiger partial charge in [0.25, 0.3) is 5.91 Å². The summed E-state index contributed by atoms with van der Waals surface area (Å²) in [5.41, 5.74) is 1.59. The fourth-order valence-corrected chi connectivity index (χ4v) is 2.11. The quantitative estimate of drug-likeness (QED) is 0.534. The van der Waals surface area contributed by atoms with Crippen molar-refractivity contribution in [2.45, 2.75) is 6.92 Å². The zero-order valence-corrected chi connectivity index (χ0v) is 12.0. The average molecular weight is 283 g/mol. The molecule has 0 aliphatic rings. The third kappa shape index (κ3) is 3.09. The third-order valence-corrected chi connectivity index (χ3v) is 3.02. The molecule has 0 spiro atoms. The van der Waals surface area contributed by atoms with Crippen molar-refractivity contribution >= 4 is 23.2 Å². The molecule has 2 aromatic rings. The van der Waals surface area contributed by atoms with Gasteiger partial charge >= 0.3 is 0 Å². The molecule has 0 aromatic heterocycles. The maximum atomic E-state index is 12.2. The van der Waals surface area contributed by atoms with Crippen molar-refractivity contribution in [3.8, 4) is 0 Å². The average Bonchev–Trinajstić information content (AvgIpc) is 2.48. The Bertz CT molecular complexity index is 654. The van der Waals surface area contributed by atoms with E-state index in [2.05, 4.69) is 0 Å². The summed E-state index contributed by atoms with van der Waals surface area (Å²) in [5.74, 6) is 5.00. The van der Waals surface area contributed by atoms with Crippen molar-refractivity contribution in [2.24, 2.45) is 5.84 Å². The van der Waals surface area contributed by atoms with Gasteiger partial charge in [-0.2, -0.15) is 0 Å². The number of carbonyl (C=O) groups is 2. The molecule has 108 valence electrons. The molecular formula is C16H17N3O2. The lowest BCUT2D eigenvalue weighted by Crippen LogP contribution is -2.35. The summed E-state index contributed by atoms with van der Waals surface area (Å²) in [7, 11) is 1.47. The van der Waals surface area contributed by atoms with Crippen LogP contribution in [0.15, 0.2) is 54.6 Å². The minimum Gasteiger partial charge on any atom is -0.281 e. The lowest BCUT2D eigenvalue weighted by atomic mass is 10.1. The maximum Gasteiger partial charge on any atom is 0.269 e. The van der Waals surface area contributed by atoms with E-state index in [1.54, 1.807) is 24.3 Å². The van der Waals surface area contributed by atoms with Gasteiger partial charge in [0.2, 0.25) is 5.91 Å². The summed E-state index contributed by atoms with van der Waals surface area (Å²) >= 11 is 0. The molecule has 0 heterocycles. The molecule has 5 nitrogen and oxygen atoms in total. The molecule has 2 rings (SSSR count). The number of anilines is 2. The SMILES string of the molecule is CC(=O)N(c1ccccc1)c1ccccc1C(=O)N(C)N. The van der Waals surface area contributed by atoms with Crippen LogP contribution in [-0.4, -0.2) is 23.9 Å². The predicted molar refractivity (Wildman–Crippen MR) is 82.0 cm³/mol. The normalized spacial score (nSPS) is 10.0. The second-order valence-electron chi connectivity index (χ2n) is 4.62. The second kappa shape index (κ2) is 6.19. The lowest BCUT2D eigenvalue weighted by molar-refractivity contribution is -0.115. The molecule has 0 aliphatic carbocycles. The molecular weight excluding hydrogens is 266 g/mol. The molecule has 2 amide bonds. The Morgan fingerprint density at radius 3 is 2.10 bits per heavy atom. The van der Waals surface area contributed by atoms with Crippen molar-refractivity contribution in [3.05, 3.63) is 60.2 Å². The first-order valence-corrected chi connectivity index (χ1v) is 6.50. The van der Waals surface area contributed by atoms with Crippen LogP contribution in [0, 0.1) is 0 Å². The first-order valence-electron chi connectivity index (χ1n) is 6.50. The van der Waals surface area contributed by atoms with Crippen molar-refractivity contribution < 1.29 is 9.59 Å². The summed E-state index contributed by atoms with van der Waals surface area (Å²) in [6.07, 6.45) is 0. The number of rotatable bonds is 3. The number of nitrogens with zero attached hydrogens (tertiary/aromatic N) is 2. The highest BCUT2D eigenvalue weighted by Crippen LogP contribution is 2.29. The number of hydrogen-bond donors (Lipinski definition) is 1. The zero-order chi connectivity index (χ0) is 15.4. The number of benzene rings is 2. The number of amides is 2. The van der Waals surface area contributed by atoms with Crippen molar-refractivity contribution in [3.63, 3.8) is 0 Å². The Labute approximate surface area is 123 Å². The second-order valence-corrected chi connectivity index (χ2v) is 4.62. The topological polar surface area (TPSA) is 66.6 Å². The highest BCUT2D eigenvalue weighted by Gasteiger charge is 2.21. The third-order valence-electron chi connectivity index (χ3n) is 3.02. The predicted octanol–water partition coefficient (Wildman–Crippen LogP) is 2.32. The first kappa shape index (κ1) is 14.7. The minimum absolute atomic E-state index is 0.180. The molecule has 0 saturated heterocycles. The minimum atomic E-state index is -0.354.